The Morgan fingerprint density at radius 2 is 2.24 bits per heavy atom. The van der Waals surface area contributed by atoms with Gasteiger partial charge in [-0.05, 0) is 25.1 Å². The van der Waals surface area contributed by atoms with Crippen molar-refractivity contribution in [2.24, 2.45) is 0 Å². The molecule has 0 radical (unpaired) electrons. The second-order valence-corrected chi connectivity index (χ2v) is 6.09. The fourth-order valence-electron chi connectivity index (χ4n) is 2.34. The van der Waals surface area contributed by atoms with Crippen molar-refractivity contribution in [2.75, 3.05) is 37.4 Å². The normalized spacial score (nSPS) is 17.8. The minimum atomic E-state index is -0.189. The van der Waals surface area contributed by atoms with E-state index in [2.05, 4.69) is 15.2 Å². The van der Waals surface area contributed by atoms with Crippen LogP contribution >= 0.6 is 11.3 Å². The first kappa shape index (κ1) is 14.2. The molecule has 1 amide bonds. The molecule has 1 saturated heterocycles. The van der Waals surface area contributed by atoms with Crippen LogP contribution in [0.15, 0.2) is 18.2 Å². The summed E-state index contributed by atoms with van der Waals surface area (Å²) in [4.78, 5) is 18.8. The van der Waals surface area contributed by atoms with E-state index < -0.39 is 0 Å². The standard InChI is InChI=1S/C14H18N4O2S/c1-9(18-4-6-20-7-5-18)13(19)17-14-16-11-3-2-10(15)8-12(11)21-14/h2-3,8-9H,4-7,15H2,1H3,(H,16,17,19). The number of morpholine rings is 1. The monoisotopic (exact) mass is 306 g/mol. The van der Waals surface area contributed by atoms with E-state index in [1.807, 2.05) is 25.1 Å². The highest BCUT2D eigenvalue weighted by atomic mass is 32.1. The molecule has 1 atom stereocenters. The van der Waals surface area contributed by atoms with Crippen LogP contribution in [0.4, 0.5) is 10.8 Å². The Kier molecular flexibility index (Phi) is 4.05. The molecule has 1 aromatic heterocycles. The van der Waals surface area contributed by atoms with E-state index in [-0.39, 0.29) is 11.9 Å². The Morgan fingerprint density at radius 3 is 3.00 bits per heavy atom. The molecule has 0 aliphatic carbocycles. The quantitative estimate of drug-likeness (QED) is 0.841. The van der Waals surface area contributed by atoms with Crippen LogP contribution in [-0.4, -0.2) is 48.1 Å². The minimum Gasteiger partial charge on any atom is -0.399 e. The Labute approximate surface area is 126 Å². The van der Waals surface area contributed by atoms with Crippen LogP contribution in [0.3, 0.4) is 0 Å². The molecule has 0 saturated carbocycles. The molecule has 1 fully saturated rings. The first-order chi connectivity index (χ1) is 10.1. The number of thiazole rings is 1. The average Bonchev–Trinajstić information content (AvgIpc) is 2.88. The molecule has 112 valence electrons. The van der Waals surface area contributed by atoms with Crippen molar-refractivity contribution in [3.63, 3.8) is 0 Å². The summed E-state index contributed by atoms with van der Waals surface area (Å²) < 4.78 is 6.28. The predicted molar refractivity (Wildman–Crippen MR) is 84.5 cm³/mol. The lowest BCUT2D eigenvalue weighted by Crippen LogP contribution is -2.47. The summed E-state index contributed by atoms with van der Waals surface area (Å²) in [5.41, 5.74) is 7.30. The molecule has 3 N–H and O–H groups in total. The van der Waals surface area contributed by atoms with Crippen LogP contribution < -0.4 is 11.1 Å². The Morgan fingerprint density at radius 1 is 1.48 bits per heavy atom. The van der Waals surface area contributed by atoms with E-state index >= 15 is 0 Å². The summed E-state index contributed by atoms with van der Waals surface area (Å²) in [5.74, 6) is -0.0380. The molecule has 2 aromatic rings. The molecule has 0 spiro atoms. The summed E-state index contributed by atoms with van der Waals surface area (Å²) in [6.07, 6.45) is 0. The Hall–Kier alpha value is -1.70. The summed E-state index contributed by atoms with van der Waals surface area (Å²) in [7, 11) is 0. The van der Waals surface area contributed by atoms with E-state index in [4.69, 9.17) is 10.5 Å². The van der Waals surface area contributed by atoms with Gasteiger partial charge < -0.3 is 15.8 Å². The second kappa shape index (κ2) is 5.97. The predicted octanol–water partition coefficient (Wildman–Crippen LogP) is 1.54. The first-order valence-electron chi connectivity index (χ1n) is 6.92. The number of nitrogens with two attached hydrogens (primary N) is 1. The lowest BCUT2D eigenvalue weighted by atomic mass is 10.2. The zero-order chi connectivity index (χ0) is 14.8. The first-order valence-corrected chi connectivity index (χ1v) is 7.74. The van der Waals surface area contributed by atoms with E-state index in [9.17, 15) is 4.79 Å². The van der Waals surface area contributed by atoms with Gasteiger partial charge in [0.1, 0.15) is 0 Å². The molecular weight excluding hydrogens is 288 g/mol. The molecule has 6 nitrogen and oxygen atoms in total. The lowest BCUT2D eigenvalue weighted by Gasteiger charge is -2.31. The van der Waals surface area contributed by atoms with Gasteiger partial charge in [0.25, 0.3) is 0 Å². The third-order valence-corrected chi connectivity index (χ3v) is 4.55. The molecular formula is C14H18N4O2S. The Balaban J connectivity index is 1.70. The van der Waals surface area contributed by atoms with Crippen LogP contribution in [0.5, 0.6) is 0 Å². The zero-order valence-corrected chi connectivity index (χ0v) is 12.7. The topological polar surface area (TPSA) is 80.5 Å². The number of fused-ring (bicyclic) bond motifs is 1. The molecule has 1 unspecified atom stereocenters. The van der Waals surface area contributed by atoms with Gasteiger partial charge in [0.05, 0.1) is 29.5 Å². The number of aromatic nitrogens is 1. The molecule has 1 aromatic carbocycles. The fraction of sp³-hybridized carbons (Fsp3) is 0.429. The molecule has 1 aliphatic rings. The van der Waals surface area contributed by atoms with Gasteiger partial charge in [-0.15, -0.1) is 0 Å². The largest absolute Gasteiger partial charge is 0.399 e. The highest BCUT2D eigenvalue weighted by Crippen LogP contribution is 2.27. The molecule has 3 rings (SSSR count). The van der Waals surface area contributed by atoms with Crippen molar-refractivity contribution < 1.29 is 9.53 Å². The van der Waals surface area contributed by atoms with E-state index in [0.717, 1.165) is 23.3 Å². The van der Waals surface area contributed by atoms with Gasteiger partial charge in [-0.2, -0.15) is 0 Å². The van der Waals surface area contributed by atoms with Crippen LogP contribution in [0.2, 0.25) is 0 Å². The van der Waals surface area contributed by atoms with Gasteiger partial charge in [0, 0.05) is 18.8 Å². The number of benzene rings is 1. The van der Waals surface area contributed by atoms with E-state index in [1.165, 1.54) is 11.3 Å². The maximum Gasteiger partial charge on any atom is 0.243 e. The number of hydrogen-bond donors (Lipinski definition) is 2. The highest BCUT2D eigenvalue weighted by molar-refractivity contribution is 7.22. The summed E-state index contributed by atoms with van der Waals surface area (Å²) in [6, 6.07) is 5.35. The summed E-state index contributed by atoms with van der Waals surface area (Å²) >= 11 is 1.44. The van der Waals surface area contributed by atoms with Crippen molar-refractivity contribution in [1.82, 2.24) is 9.88 Å². The third-order valence-electron chi connectivity index (χ3n) is 3.62. The molecule has 1 aliphatic heterocycles. The number of nitrogens with zero attached hydrogens (tertiary/aromatic N) is 2. The maximum absolute atomic E-state index is 12.3. The molecule has 2 heterocycles. The van der Waals surface area contributed by atoms with Crippen molar-refractivity contribution >= 4 is 38.3 Å². The van der Waals surface area contributed by atoms with Crippen LogP contribution in [0, 0.1) is 0 Å². The number of carbonyl (C=O) groups excluding carboxylic acids is 1. The molecule has 21 heavy (non-hydrogen) atoms. The second-order valence-electron chi connectivity index (χ2n) is 5.06. The highest BCUT2D eigenvalue weighted by Gasteiger charge is 2.23. The number of ether oxygens (including phenoxy) is 1. The number of hydrogen-bond acceptors (Lipinski definition) is 6. The van der Waals surface area contributed by atoms with Gasteiger partial charge in [0.2, 0.25) is 5.91 Å². The smallest absolute Gasteiger partial charge is 0.243 e. The van der Waals surface area contributed by atoms with Gasteiger partial charge in [-0.1, -0.05) is 11.3 Å². The Bertz CT molecular complexity index is 651. The summed E-state index contributed by atoms with van der Waals surface area (Å²) in [6.45, 7) is 4.83. The minimum absolute atomic E-state index is 0.0380. The van der Waals surface area contributed by atoms with Gasteiger partial charge >= 0.3 is 0 Å². The van der Waals surface area contributed by atoms with E-state index in [0.29, 0.717) is 24.0 Å². The SMILES string of the molecule is CC(C(=O)Nc1nc2ccc(N)cc2s1)N1CCOCC1. The van der Waals surface area contributed by atoms with Gasteiger partial charge in [-0.25, -0.2) is 4.98 Å². The van der Waals surface area contributed by atoms with Crippen molar-refractivity contribution in [1.29, 1.82) is 0 Å². The lowest BCUT2D eigenvalue weighted by molar-refractivity contribution is -0.122. The van der Waals surface area contributed by atoms with Crippen molar-refractivity contribution in [3.05, 3.63) is 18.2 Å². The number of nitrogen functional groups attached to an aromatic ring is 1. The number of rotatable bonds is 3. The van der Waals surface area contributed by atoms with Gasteiger partial charge in [-0.3, -0.25) is 9.69 Å². The van der Waals surface area contributed by atoms with Crippen LogP contribution in [0.25, 0.3) is 10.2 Å². The zero-order valence-electron chi connectivity index (χ0n) is 11.8. The molecule has 0 bridgehead atoms. The maximum atomic E-state index is 12.3. The summed E-state index contributed by atoms with van der Waals surface area (Å²) in [5, 5.41) is 3.50. The fourth-order valence-corrected chi connectivity index (χ4v) is 3.25. The van der Waals surface area contributed by atoms with Crippen molar-refractivity contribution in [3.8, 4) is 0 Å². The van der Waals surface area contributed by atoms with Crippen LogP contribution in [0.1, 0.15) is 6.92 Å². The van der Waals surface area contributed by atoms with E-state index in [1.54, 1.807) is 0 Å². The van der Waals surface area contributed by atoms with Crippen molar-refractivity contribution in [2.45, 2.75) is 13.0 Å². The van der Waals surface area contributed by atoms with Crippen LogP contribution in [-0.2, 0) is 9.53 Å². The number of anilines is 2. The third kappa shape index (κ3) is 3.15. The number of nitrogens with one attached hydrogen (secondary N) is 1. The average molecular weight is 306 g/mol. The number of carbonyl (C=O) groups is 1. The van der Waals surface area contributed by atoms with Gasteiger partial charge in [0.15, 0.2) is 5.13 Å². The molecule has 7 heteroatoms. The number of amides is 1.